The van der Waals surface area contributed by atoms with E-state index in [1.54, 1.807) is 12.4 Å². The van der Waals surface area contributed by atoms with Crippen LogP contribution < -0.4 is 9.99 Å². The number of nitrogens with zero attached hydrogens (tertiary/aromatic N) is 3. The average molecular weight is 398 g/mol. The highest BCUT2D eigenvalue weighted by molar-refractivity contribution is 7.13. The lowest BCUT2D eigenvalue weighted by Crippen LogP contribution is -2.39. The number of para-hydroxylation sites is 1. The lowest BCUT2D eigenvalue weighted by Gasteiger charge is -2.29. The van der Waals surface area contributed by atoms with Gasteiger partial charge in [-0.2, -0.15) is 0 Å². The summed E-state index contributed by atoms with van der Waals surface area (Å²) in [4.78, 5) is 10.8. The van der Waals surface area contributed by atoms with Crippen LogP contribution in [0.3, 0.4) is 0 Å². The van der Waals surface area contributed by atoms with Crippen LogP contribution in [-0.4, -0.2) is 46.5 Å². The predicted molar refractivity (Wildman–Crippen MR) is 117 cm³/mol. The molecule has 0 aliphatic heterocycles. The highest BCUT2D eigenvalue weighted by Gasteiger charge is 2.18. The number of benzene rings is 2. The maximum atomic E-state index is 10.6. The molecular formula is C21H27N4O2P. The van der Waals surface area contributed by atoms with Gasteiger partial charge in [0.25, 0.3) is 0 Å². The third kappa shape index (κ3) is 5.46. The molecule has 2 aromatic carbocycles. The molecule has 1 heterocycles. The van der Waals surface area contributed by atoms with E-state index in [9.17, 15) is 5.11 Å². The van der Waals surface area contributed by atoms with Crippen LogP contribution in [0.4, 0.5) is 11.4 Å². The van der Waals surface area contributed by atoms with Crippen LogP contribution in [0.2, 0.25) is 0 Å². The standard InChI is InChI=1S/C21H27N4O2P/c1-21(2,24-28)15-27-14-18(26)13-25(16-6-4-3-5-7-16)17-8-9-19-20(12-17)23-11-10-22-19/h3-12,18,24,26H,13-15,28H2,1-2H3. The molecule has 3 aromatic rings. The smallest absolute Gasteiger partial charge is 0.0952 e. The van der Waals surface area contributed by atoms with E-state index >= 15 is 0 Å². The van der Waals surface area contributed by atoms with Gasteiger partial charge in [-0.1, -0.05) is 27.6 Å². The number of rotatable bonds is 9. The zero-order valence-electron chi connectivity index (χ0n) is 16.2. The van der Waals surface area contributed by atoms with Gasteiger partial charge in [0.2, 0.25) is 0 Å². The fourth-order valence-corrected chi connectivity index (χ4v) is 2.93. The van der Waals surface area contributed by atoms with Crippen molar-refractivity contribution in [3.05, 3.63) is 60.9 Å². The predicted octanol–water partition coefficient (Wildman–Crippen LogP) is 3.30. The summed E-state index contributed by atoms with van der Waals surface area (Å²) < 4.78 is 5.72. The molecule has 7 heteroatoms. The highest BCUT2D eigenvalue weighted by Crippen LogP contribution is 2.27. The van der Waals surface area contributed by atoms with Gasteiger partial charge in [0.1, 0.15) is 0 Å². The number of aliphatic hydroxyl groups is 1. The van der Waals surface area contributed by atoms with Crippen molar-refractivity contribution < 1.29 is 9.84 Å². The molecule has 6 nitrogen and oxygen atoms in total. The minimum absolute atomic E-state index is 0.166. The third-order valence-corrected chi connectivity index (χ3v) is 5.17. The maximum Gasteiger partial charge on any atom is 0.0952 e. The molecule has 3 rings (SSSR count). The fourth-order valence-electron chi connectivity index (χ4n) is 2.84. The molecule has 0 saturated carbocycles. The summed E-state index contributed by atoms with van der Waals surface area (Å²) in [5.74, 6) is 0. The summed E-state index contributed by atoms with van der Waals surface area (Å²) in [6, 6.07) is 15.9. The topological polar surface area (TPSA) is 70.5 Å². The summed E-state index contributed by atoms with van der Waals surface area (Å²) >= 11 is 0. The quantitative estimate of drug-likeness (QED) is 0.539. The van der Waals surface area contributed by atoms with Crippen molar-refractivity contribution in [2.24, 2.45) is 0 Å². The van der Waals surface area contributed by atoms with Crippen LogP contribution in [0.25, 0.3) is 11.0 Å². The Kier molecular flexibility index (Phi) is 6.92. The monoisotopic (exact) mass is 398 g/mol. The number of hydrogen-bond donors (Lipinski definition) is 2. The van der Waals surface area contributed by atoms with E-state index in [4.69, 9.17) is 4.74 Å². The van der Waals surface area contributed by atoms with Gasteiger partial charge in [-0.15, -0.1) is 0 Å². The molecule has 0 aliphatic carbocycles. The fraction of sp³-hybridized carbons (Fsp3) is 0.333. The molecule has 1 aromatic heterocycles. The van der Waals surface area contributed by atoms with E-state index < -0.39 is 6.10 Å². The van der Waals surface area contributed by atoms with Gasteiger partial charge >= 0.3 is 0 Å². The number of aromatic nitrogens is 2. The van der Waals surface area contributed by atoms with Crippen molar-refractivity contribution in [3.63, 3.8) is 0 Å². The molecule has 2 N–H and O–H groups in total. The van der Waals surface area contributed by atoms with Gasteiger partial charge in [-0.25, -0.2) is 0 Å². The lowest BCUT2D eigenvalue weighted by molar-refractivity contribution is 0.0220. The van der Waals surface area contributed by atoms with Gasteiger partial charge in [0.15, 0.2) is 0 Å². The van der Waals surface area contributed by atoms with Gasteiger partial charge in [0, 0.05) is 29.3 Å². The minimum Gasteiger partial charge on any atom is -0.389 e. The molecule has 0 bridgehead atoms. The molecule has 0 radical (unpaired) electrons. The zero-order valence-corrected chi connectivity index (χ0v) is 17.4. The normalized spacial score (nSPS) is 12.9. The van der Waals surface area contributed by atoms with Gasteiger partial charge < -0.3 is 14.7 Å². The van der Waals surface area contributed by atoms with Crippen LogP contribution in [0, 0.1) is 0 Å². The maximum absolute atomic E-state index is 10.6. The van der Waals surface area contributed by atoms with Gasteiger partial charge in [0.05, 0.1) is 36.9 Å². The average Bonchev–Trinajstić information content (AvgIpc) is 2.72. The second-order valence-corrected chi connectivity index (χ2v) is 7.66. The largest absolute Gasteiger partial charge is 0.389 e. The second kappa shape index (κ2) is 9.39. The van der Waals surface area contributed by atoms with E-state index in [0.29, 0.717) is 13.2 Å². The van der Waals surface area contributed by atoms with Crippen molar-refractivity contribution in [2.75, 3.05) is 24.7 Å². The minimum atomic E-state index is -0.641. The number of fused-ring (bicyclic) bond motifs is 1. The Morgan fingerprint density at radius 2 is 1.79 bits per heavy atom. The van der Waals surface area contributed by atoms with Crippen molar-refractivity contribution >= 4 is 31.8 Å². The van der Waals surface area contributed by atoms with Crippen molar-refractivity contribution in [3.8, 4) is 0 Å². The van der Waals surface area contributed by atoms with Crippen molar-refractivity contribution in [1.29, 1.82) is 0 Å². The van der Waals surface area contributed by atoms with Crippen LogP contribution in [0.15, 0.2) is 60.9 Å². The van der Waals surface area contributed by atoms with Crippen LogP contribution in [-0.2, 0) is 4.74 Å². The molecule has 0 saturated heterocycles. The Balaban J connectivity index is 1.77. The molecule has 28 heavy (non-hydrogen) atoms. The van der Waals surface area contributed by atoms with Crippen LogP contribution >= 0.6 is 9.39 Å². The Hall–Kier alpha value is -2.11. The van der Waals surface area contributed by atoms with Crippen molar-refractivity contribution in [1.82, 2.24) is 15.1 Å². The number of ether oxygens (including phenoxy) is 1. The first-order valence-corrected chi connectivity index (χ1v) is 9.83. The Labute approximate surface area is 168 Å². The molecule has 2 unspecified atom stereocenters. The van der Waals surface area contributed by atoms with E-state index in [2.05, 4.69) is 29.3 Å². The molecule has 2 atom stereocenters. The van der Waals surface area contributed by atoms with E-state index in [-0.39, 0.29) is 12.1 Å². The summed E-state index contributed by atoms with van der Waals surface area (Å²) in [6.45, 7) is 5.25. The summed E-state index contributed by atoms with van der Waals surface area (Å²) in [5.41, 5.74) is 3.44. The van der Waals surface area contributed by atoms with E-state index in [1.807, 2.05) is 62.4 Å². The first-order chi connectivity index (χ1) is 13.5. The van der Waals surface area contributed by atoms with E-state index in [1.165, 1.54) is 0 Å². The van der Waals surface area contributed by atoms with Crippen LogP contribution in [0.1, 0.15) is 13.8 Å². The highest BCUT2D eigenvalue weighted by atomic mass is 31.0. The number of aliphatic hydroxyl groups excluding tert-OH is 1. The molecular weight excluding hydrogens is 371 g/mol. The first kappa shape index (κ1) is 20.6. The van der Waals surface area contributed by atoms with E-state index in [0.717, 1.165) is 22.4 Å². The second-order valence-electron chi connectivity index (χ2n) is 7.37. The number of anilines is 2. The molecule has 0 spiro atoms. The van der Waals surface area contributed by atoms with Crippen LogP contribution in [0.5, 0.6) is 0 Å². The van der Waals surface area contributed by atoms with Crippen molar-refractivity contribution in [2.45, 2.75) is 25.5 Å². The van der Waals surface area contributed by atoms with Gasteiger partial charge in [-0.3, -0.25) is 15.1 Å². The zero-order chi connectivity index (χ0) is 20.0. The summed E-state index contributed by atoms with van der Waals surface area (Å²) in [5, 5.41) is 13.7. The first-order valence-electron chi connectivity index (χ1n) is 9.25. The summed E-state index contributed by atoms with van der Waals surface area (Å²) in [6.07, 6.45) is 2.73. The Bertz CT molecular complexity index is 892. The number of hydrogen-bond acceptors (Lipinski definition) is 6. The molecule has 0 amide bonds. The molecule has 148 valence electrons. The third-order valence-electron chi connectivity index (χ3n) is 4.39. The molecule has 0 fully saturated rings. The SMILES string of the molecule is CC(C)(COCC(O)CN(c1ccccc1)c1ccc2nccnc2c1)NP. The Morgan fingerprint density at radius 1 is 1.07 bits per heavy atom. The number of nitrogens with one attached hydrogen (secondary N) is 1. The summed E-state index contributed by atoms with van der Waals surface area (Å²) in [7, 11) is 2.50. The Morgan fingerprint density at radius 3 is 2.50 bits per heavy atom. The van der Waals surface area contributed by atoms with Gasteiger partial charge in [-0.05, 0) is 44.2 Å². The molecule has 0 aliphatic rings. The lowest BCUT2D eigenvalue weighted by atomic mass is 10.1.